The number of benzene rings is 2. The Labute approximate surface area is 188 Å². The van der Waals surface area contributed by atoms with Crippen LogP contribution in [0.5, 0.6) is 0 Å². The maximum absolute atomic E-state index is 11.9. The summed E-state index contributed by atoms with van der Waals surface area (Å²) in [6.07, 6.45) is 3.52. The first kappa shape index (κ1) is 20.0. The van der Waals surface area contributed by atoms with Gasteiger partial charge in [0.15, 0.2) is 11.6 Å². The monoisotopic (exact) mass is 440 g/mol. The van der Waals surface area contributed by atoms with Gasteiger partial charge in [0.2, 0.25) is 0 Å². The van der Waals surface area contributed by atoms with E-state index in [2.05, 4.69) is 34.6 Å². The van der Waals surface area contributed by atoms with Crippen LogP contribution in [0.15, 0.2) is 94.9 Å². The highest BCUT2D eigenvalue weighted by atomic mass is 32.2. The summed E-state index contributed by atoms with van der Waals surface area (Å²) in [5, 5.41) is 13.8. The van der Waals surface area contributed by atoms with Crippen molar-refractivity contribution < 1.29 is 0 Å². The summed E-state index contributed by atoms with van der Waals surface area (Å²) in [6, 6.07) is 24.0. The van der Waals surface area contributed by atoms with E-state index >= 15 is 0 Å². The van der Waals surface area contributed by atoms with Crippen LogP contribution < -0.4 is 16.0 Å². The van der Waals surface area contributed by atoms with Crippen molar-refractivity contribution in [3.63, 3.8) is 0 Å². The van der Waals surface area contributed by atoms with E-state index in [1.807, 2.05) is 53.2 Å². The molecular weight excluding hydrogens is 420 g/mol. The standard InChI is InChI=1S/C24H20N6OS/c25-32-20-13-18(15-27-24(20)31)22-28-23(26-14-16-7-3-1-4-8-16)21-19(11-12-30(21)29-22)17-9-5-2-6-10-17/h1-13,15H,14,25H2,(H,27,31)(H,26,28,29). The van der Waals surface area contributed by atoms with Gasteiger partial charge in [-0.1, -0.05) is 60.7 Å². The van der Waals surface area contributed by atoms with Gasteiger partial charge in [-0.25, -0.2) is 9.50 Å². The van der Waals surface area contributed by atoms with Crippen molar-refractivity contribution in [3.8, 4) is 22.5 Å². The number of nitrogens with zero attached hydrogens (tertiary/aromatic N) is 3. The van der Waals surface area contributed by atoms with Gasteiger partial charge in [-0.05, 0) is 35.2 Å². The van der Waals surface area contributed by atoms with Crippen molar-refractivity contribution in [2.75, 3.05) is 5.32 Å². The zero-order valence-corrected chi connectivity index (χ0v) is 17.8. The third-order valence-corrected chi connectivity index (χ3v) is 5.71. The molecular formula is C24H20N6OS. The van der Waals surface area contributed by atoms with E-state index in [9.17, 15) is 4.79 Å². The van der Waals surface area contributed by atoms with Crippen LogP contribution in [0.3, 0.4) is 0 Å². The van der Waals surface area contributed by atoms with Gasteiger partial charge in [-0.3, -0.25) is 9.93 Å². The maximum atomic E-state index is 11.9. The lowest BCUT2D eigenvalue weighted by Gasteiger charge is -2.12. The fourth-order valence-corrected chi connectivity index (χ4v) is 3.94. The van der Waals surface area contributed by atoms with E-state index < -0.39 is 0 Å². The smallest absolute Gasteiger partial charge is 0.262 e. The van der Waals surface area contributed by atoms with Crippen LogP contribution in [0.2, 0.25) is 0 Å². The largest absolute Gasteiger partial charge is 0.364 e. The van der Waals surface area contributed by atoms with Crippen molar-refractivity contribution in [1.82, 2.24) is 19.6 Å². The third-order valence-electron chi connectivity index (χ3n) is 5.15. The molecule has 0 spiro atoms. The molecule has 5 rings (SSSR count). The van der Waals surface area contributed by atoms with Crippen LogP contribution in [-0.4, -0.2) is 19.6 Å². The molecule has 0 amide bonds. The second-order valence-corrected chi connectivity index (χ2v) is 7.89. The minimum absolute atomic E-state index is 0.239. The highest BCUT2D eigenvalue weighted by molar-refractivity contribution is 7.97. The molecule has 3 aromatic heterocycles. The van der Waals surface area contributed by atoms with Crippen LogP contribution in [-0.2, 0) is 6.54 Å². The van der Waals surface area contributed by atoms with Crippen LogP contribution in [0.1, 0.15) is 5.56 Å². The third kappa shape index (κ3) is 3.89. The van der Waals surface area contributed by atoms with Crippen molar-refractivity contribution in [1.29, 1.82) is 0 Å². The molecule has 0 saturated heterocycles. The zero-order chi connectivity index (χ0) is 21.9. The molecule has 5 aromatic rings. The molecule has 0 radical (unpaired) electrons. The number of hydrogen-bond acceptors (Lipinski definition) is 6. The molecule has 4 N–H and O–H groups in total. The Kier molecular flexibility index (Phi) is 5.45. The van der Waals surface area contributed by atoms with Gasteiger partial charge in [-0.2, -0.15) is 0 Å². The van der Waals surface area contributed by atoms with Gasteiger partial charge in [0.25, 0.3) is 5.56 Å². The highest BCUT2D eigenvalue weighted by Gasteiger charge is 2.16. The molecule has 7 nitrogen and oxygen atoms in total. The fraction of sp³-hybridized carbons (Fsp3) is 0.0417. The molecule has 2 aromatic carbocycles. The van der Waals surface area contributed by atoms with E-state index in [1.165, 1.54) is 0 Å². The fourth-order valence-electron chi connectivity index (χ4n) is 3.58. The summed E-state index contributed by atoms with van der Waals surface area (Å²) in [5.41, 5.74) is 4.58. The average Bonchev–Trinajstić information content (AvgIpc) is 3.28. The van der Waals surface area contributed by atoms with Crippen molar-refractivity contribution in [2.24, 2.45) is 5.14 Å². The number of nitrogens with two attached hydrogens (primary N) is 1. The number of fused-ring (bicyclic) bond motifs is 1. The van der Waals surface area contributed by atoms with Crippen molar-refractivity contribution in [3.05, 3.63) is 101 Å². The first-order valence-corrected chi connectivity index (χ1v) is 10.9. The first-order valence-electron chi connectivity index (χ1n) is 10.1. The Morgan fingerprint density at radius 2 is 1.75 bits per heavy atom. The molecule has 0 unspecified atom stereocenters. The van der Waals surface area contributed by atoms with Crippen LogP contribution in [0.25, 0.3) is 28.0 Å². The number of nitrogens with one attached hydrogen (secondary N) is 2. The summed E-state index contributed by atoms with van der Waals surface area (Å²) < 4.78 is 1.82. The lowest BCUT2D eigenvalue weighted by atomic mass is 10.1. The minimum Gasteiger partial charge on any atom is -0.364 e. The SMILES string of the molecule is NSc1cc(-c2nc(NCc3ccccc3)c3c(-c4ccccc4)ccn3n2)c[nH]c1=O. The molecule has 0 aliphatic rings. The molecule has 0 aliphatic heterocycles. The van der Waals surface area contributed by atoms with E-state index in [1.54, 1.807) is 12.3 Å². The van der Waals surface area contributed by atoms with Gasteiger partial charge in [0.05, 0.1) is 4.90 Å². The minimum atomic E-state index is -0.239. The highest BCUT2D eigenvalue weighted by Crippen LogP contribution is 2.31. The molecule has 0 bridgehead atoms. The summed E-state index contributed by atoms with van der Waals surface area (Å²) in [5.74, 6) is 1.19. The quantitative estimate of drug-likeness (QED) is 0.340. The molecule has 0 saturated carbocycles. The molecule has 0 atom stereocenters. The van der Waals surface area contributed by atoms with Crippen LogP contribution >= 0.6 is 11.9 Å². The van der Waals surface area contributed by atoms with Gasteiger partial charge < -0.3 is 10.3 Å². The Morgan fingerprint density at radius 3 is 2.50 bits per heavy atom. The Bertz CT molecular complexity index is 1430. The van der Waals surface area contributed by atoms with Crippen LogP contribution in [0, 0.1) is 0 Å². The number of pyridine rings is 1. The average molecular weight is 441 g/mol. The van der Waals surface area contributed by atoms with Gasteiger partial charge in [0.1, 0.15) is 5.52 Å². The Morgan fingerprint density at radius 1 is 1.00 bits per heavy atom. The number of aromatic amines is 1. The van der Waals surface area contributed by atoms with E-state index in [-0.39, 0.29) is 5.56 Å². The van der Waals surface area contributed by atoms with Crippen molar-refractivity contribution in [2.45, 2.75) is 11.4 Å². The second-order valence-electron chi connectivity index (χ2n) is 7.21. The number of anilines is 1. The summed E-state index contributed by atoms with van der Waals surface area (Å²) in [4.78, 5) is 19.9. The molecule has 3 heterocycles. The number of aromatic nitrogens is 4. The first-order chi connectivity index (χ1) is 15.7. The second kappa shape index (κ2) is 8.70. The molecule has 158 valence electrons. The Hall–Kier alpha value is -3.88. The van der Waals surface area contributed by atoms with Gasteiger partial charge in [0, 0.05) is 30.1 Å². The summed E-state index contributed by atoms with van der Waals surface area (Å²) in [7, 11) is 0. The molecule has 8 heteroatoms. The molecule has 0 aliphatic carbocycles. The maximum Gasteiger partial charge on any atom is 0.262 e. The van der Waals surface area contributed by atoms with E-state index in [0.717, 1.165) is 34.2 Å². The van der Waals surface area contributed by atoms with E-state index in [0.29, 0.717) is 28.6 Å². The summed E-state index contributed by atoms with van der Waals surface area (Å²) >= 11 is 0.899. The molecule has 0 fully saturated rings. The van der Waals surface area contributed by atoms with Crippen LogP contribution in [0.4, 0.5) is 5.82 Å². The number of H-pyrrole nitrogens is 1. The number of hydrogen-bond donors (Lipinski definition) is 3. The normalized spacial score (nSPS) is 11.0. The predicted molar refractivity (Wildman–Crippen MR) is 128 cm³/mol. The van der Waals surface area contributed by atoms with Gasteiger partial charge in [-0.15, -0.1) is 5.10 Å². The Balaban J connectivity index is 1.65. The zero-order valence-electron chi connectivity index (χ0n) is 17.0. The van der Waals surface area contributed by atoms with Crippen molar-refractivity contribution >= 4 is 23.3 Å². The molecule has 32 heavy (non-hydrogen) atoms. The van der Waals surface area contributed by atoms with Gasteiger partial charge >= 0.3 is 0 Å². The lowest BCUT2D eigenvalue weighted by Crippen LogP contribution is -2.11. The number of rotatable bonds is 6. The topological polar surface area (TPSA) is 101 Å². The summed E-state index contributed by atoms with van der Waals surface area (Å²) in [6.45, 7) is 0.613. The lowest BCUT2D eigenvalue weighted by molar-refractivity contribution is 0.907. The predicted octanol–water partition coefficient (Wildman–Crippen LogP) is 4.33. The van der Waals surface area contributed by atoms with E-state index in [4.69, 9.17) is 15.2 Å².